The molecule has 10 heavy (non-hydrogen) atoms. The van der Waals surface area contributed by atoms with Gasteiger partial charge in [0.15, 0.2) is 0 Å². The van der Waals surface area contributed by atoms with Crippen molar-refractivity contribution in [3.63, 3.8) is 0 Å². The minimum Gasteiger partial charge on any atom is -0.365 e. The SMILES string of the molecule is NN[n+]1cc(C(N)=O)c[nH]1. The second kappa shape index (κ2) is 2.36. The van der Waals surface area contributed by atoms with Crippen molar-refractivity contribution in [2.75, 3.05) is 5.53 Å². The monoisotopic (exact) mass is 142 g/mol. The van der Waals surface area contributed by atoms with Crippen LogP contribution >= 0.6 is 0 Å². The summed E-state index contributed by atoms with van der Waals surface area (Å²) in [5.74, 6) is 4.50. The first-order valence-corrected chi connectivity index (χ1v) is 2.60. The van der Waals surface area contributed by atoms with Crippen LogP contribution in [0.5, 0.6) is 0 Å². The number of nitrogens with zero attached hydrogens (tertiary/aromatic N) is 1. The van der Waals surface area contributed by atoms with Crippen LogP contribution in [0, 0.1) is 0 Å². The molecule has 1 heterocycles. The van der Waals surface area contributed by atoms with E-state index < -0.39 is 5.91 Å². The maximum absolute atomic E-state index is 10.5. The number of nitrogens with one attached hydrogen (secondary N) is 2. The fraction of sp³-hybridized carbons (Fsp3) is 0. The Morgan fingerprint density at radius 3 is 2.80 bits per heavy atom. The number of amides is 1. The predicted octanol–water partition coefficient (Wildman–Crippen LogP) is -2.18. The van der Waals surface area contributed by atoms with Crippen molar-refractivity contribution in [1.29, 1.82) is 0 Å². The number of primary amides is 1. The van der Waals surface area contributed by atoms with Crippen LogP contribution in [0.3, 0.4) is 0 Å². The van der Waals surface area contributed by atoms with Crippen LogP contribution in [0.25, 0.3) is 0 Å². The third-order valence-corrected chi connectivity index (χ3v) is 1.05. The number of hydrogen-bond acceptors (Lipinski definition) is 3. The van der Waals surface area contributed by atoms with E-state index in [0.29, 0.717) is 5.56 Å². The van der Waals surface area contributed by atoms with Crippen molar-refractivity contribution in [3.8, 4) is 0 Å². The maximum atomic E-state index is 10.5. The molecule has 0 aliphatic carbocycles. The molecule has 1 amide bonds. The first-order valence-electron chi connectivity index (χ1n) is 2.60. The van der Waals surface area contributed by atoms with Gasteiger partial charge in [0.2, 0.25) is 6.20 Å². The van der Waals surface area contributed by atoms with Gasteiger partial charge in [0.1, 0.15) is 5.56 Å². The Kier molecular flexibility index (Phi) is 1.55. The van der Waals surface area contributed by atoms with Gasteiger partial charge in [-0.3, -0.25) is 4.79 Å². The summed E-state index contributed by atoms with van der Waals surface area (Å²) in [6.45, 7) is 0. The highest BCUT2D eigenvalue weighted by molar-refractivity contribution is 5.91. The second-order valence-corrected chi connectivity index (χ2v) is 1.72. The largest absolute Gasteiger partial charge is 0.365 e. The van der Waals surface area contributed by atoms with E-state index in [2.05, 4.69) is 10.6 Å². The van der Waals surface area contributed by atoms with Crippen molar-refractivity contribution < 1.29 is 9.59 Å². The Balaban J connectivity index is 2.88. The number of carbonyl (C=O) groups excluding carboxylic acids is 1. The zero-order valence-corrected chi connectivity index (χ0v) is 5.16. The molecule has 0 atom stereocenters. The van der Waals surface area contributed by atoms with E-state index in [-0.39, 0.29) is 0 Å². The van der Waals surface area contributed by atoms with Crippen LogP contribution in [0.4, 0.5) is 0 Å². The van der Waals surface area contributed by atoms with E-state index in [1.807, 2.05) is 0 Å². The third-order valence-electron chi connectivity index (χ3n) is 1.05. The van der Waals surface area contributed by atoms with E-state index in [4.69, 9.17) is 11.6 Å². The Labute approximate surface area is 56.7 Å². The molecular weight excluding hydrogens is 134 g/mol. The number of aromatic amines is 1. The molecule has 0 spiro atoms. The van der Waals surface area contributed by atoms with Gasteiger partial charge in [0, 0.05) is 4.79 Å². The maximum Gasteiger partial charge on any atom is 0.256 e. The predicted molar refractivity (Wildman–Crippen MR) is 33.1 cm³/mol. The molecule has 6 heteroatoms. The smallest absolute Gasteiger partial charge is 0.256 e. The molecule has 0 aliphatic rings. The second-order valence-electron chi connectivity index (χ2n) is 1.72. The van der Waals surface area contributed by atoms with E-state index in [1.165, 1.54) is 17.2 Å². The van der Waals surface area contributed by atoms with E-state index in [9.17, 15) is 4.79 Å². The fourth-order valence-electron chi connectivity index (χ4n) is 0.562. The summed E-state index contributed by atoms with van der Waals surface area (Å²) < 4.78 is 0. The lowest BCUT2D eigenvalue weighted by Gasteiger charge is -1.80. The molecule has 1 aromatic heterocycles. The van der Waals surface area contributed by atoms with Crippen LogP contribution < -0.4 is 21.9 Å². The van der Waals surface area contributed by atoms with Gasteiger partial charge in [-0.15, -0.1) is 5.10 Å². The zero-order chi connectivity index (χ0) is 7.56. The fourth-order valence-corrected chi connectivity index (χ4v) is 0.562. The third kappa shape index (κ3) is 1.06. The Morgan fingerprint density at radius 2 is 2.50 bits per heavy atom. The number of nitrogen functional groups attached to an aromatic ring is 1. The first kappa shape index (κ1) is 6.56. The number of H-pyrrole nitrogens is 1. The molecule has 0 aromatic carbocycles. The van der Waals surface area contributed by atoms with Crippen molar-refractivity contribution in [1.82, 2.24) is 5.10 Å². The average molecular weight is 142 g/mol. The molecule has 6 N–H and O–H groups in total. The van der Waals surface area contributed by atoms with Gasteiger partial charge in [-0.2, -0.15) is 5.84 Å². The summed E-state index contributed by atoms with van der Waals surface area (Å²) in [6.07, 6.45) is 2.89. The lowest BCUT2D eigenvalue weighted by atomic mass is 10.4. The van der Waals surface area contributed by atoms with Gasteiger partial charge in [-0.05, 0) is 0 Å². The Bertz CT molecular complexity index is 242. The van der Waals surface area contributed by atoms with Crippen LogP contribution in [0.1, 0.15) is 10.4 Å². The van der Waals surface area contributed by atoms with Gasteiger partial charge in [-0.25, -0.2) is 0 Å². The van der Waals surface area contributed by atoms with Crippen LogP contribution in [-0.4, -0.2) is 11.0 Å². The molecule has 0 unspecified atom stereocenters. The average Bonchev–Trinajstić information content (AvgIpc) is 2.34. The normalized spacial score (nSPS) is 9.30. The van der Waals surface area contributed by atoms with E-state index in [1.54, 1.807) is 0 Å². The molecular formula is C4H8N5O+. The zero-order valence-electron chi connectivity index (χ0n) is 5.16. The van der Waals surface area contributed by atoms with Gasteiger partial charge in [0.05, 0.1) is 6.20 Å². The summed E-state index contributed by atoms with van der Waals surface area (Å²) in [6, 6.07) is 0. The summed E-state index contributed by atoms with van der Waals surface area (Å²) >= 11 is 0. The minimum absolute atomic E-state index is 0.373. The standard InChI is InChI=1S/C4H7N5O/c5-4(10)3-1-7-9(2-3)8-6/h1-2,8H,6H2,(H2,5,10)/p+1. The Morgan fingerprint density at radius 1 is 1.80 bits per heavy atom. The molecule has 0 saturated heterocycles. The minimum atomic E-state index is -0.495. The number of rotatable bonds is 2. The molecule has 6 nitrogen and oxygen atoms in total. The van der Waals surface area contributed by atoms with Crippen molar-refractivity contribution >= 4 is 5.91 Å². The summed E-state index contributed by atoms with van der Waals surface area (Å²) in [5, 5.41) is 2.62. The van der Waals surface area contributed by atoms with Gasteiger partial charge in [-0.1, -0.05) is 5.53 Å². The summed E-state index contributed by atoms with van der Waals surface area (Å²) in [4.78, 5) is 11.8. The molecule has 0 saturated carbocycles. The highest BCUT2D eigenvalue weighted by Crippen LogP contribution is 1.86. The topological polar surface area (TPSA) is 101 Å². The quantitative estimate of drug-likeness (QED) is 0.214. The highest BCUT2D eigenvalue weighted by atomic mass is 16.1. The van der Waals surface area contributed by atoms with Crippen molar-refractivity contribution in [2.45, 2.75) is 0 Å². The van der Waals surface area contributed by atoms with E-state index >= 15 is 0 Å². The van der Waals surface area contributed by atoms with Gasteiger partial charge >= 0.3 is 0 Å². The lowest BCUT2D eigenvalue weighted by Crippen LogP contribution is -2.50. The molecule has 1 aromatic rings. The Hall–Kier alpha value is -1.56. The van der Waals surface area contributed by atoms with Crippen molar-refractivity contribution in [2.24, 2.45) is 11.6 Å². The van der Waals surface area contributed by atoms with Gasteiger partial charge in [0.25, 0.3) is 5.91 Å². The summed E-state index contributed by atoms with van der Waals surface area (Å²) in [5.41, 5.74) is 7.57. The number of hydrazine groups is 1. The summed E-state index contributed by atoms with van der Waals surface area (Å²) in [7, 11) is 0. The van der Waals surface area contributed by atoms with Crippen molar-refractivity contribution in [3.05, 3.63) is 18.0 Å². The van der Waals surface area contributed by atoms with Crippen LogP contribution in [0.15, 0.2) is 12.4 Å². The number of hydrogen-bond donors (Lipinski definition) is 4. The molecule has 0 fully saturated rings. The van der Waals surface area contributed by atoms with E-state index in [0.717, 1.165) is 0 Å². The molecule has 54 valence electrons. The van der Waals surface area contributed by atoms with Crippen LogP contribution in [-0.2, 0) is 0 Å². The molecule has 0 aliphatic heterocycles. The molecule has 0 bridgehead atoms. The highest BCUT2D eigenvalue weighted by Gasteiger charge is 2.08. The molecule has 1 rings (SSSR count). The number of aromatic nitrogens is 2. The van der Waals surface area contributed by atoms with Gasteiger partial charge < -0.3 is 5.73 Å². The van der Waals surface area contributed by atoms with Crippen LogP contribution in [0.2, 0.25) is 0 Å². The first-order chi connectivity index (χ1) is 4.74. The lowest BCUT2D eigenvalue weighted by molar-refractivity contribution is -0.707. The number of nitrogens with two attached hydrogens (primary N) is 2. The molecule has 0 radical (unpaired) electrons. The number of carbonyl (C=O) groups is 1.